The normalized spacial score (nSPS) is 10.8. The van der Waals surface area contributed by atoms with Crippen molar-refractivity contribution in [2.75, 3.05) is 6.54 Å². The van der Waals surface area contributed by atoms with Crippen LogP contribution in [-0.4, -0.2) is 6.54 Å². The van der Waals surface area contributed by atoms with E-state index in [-0.39, 0.29) is 5.82 Å². The maximum Gasteiger partial charge on any atom is 0.127 e. The van der Waals surface area contributed by atoms with Gasteiger partial charge in [-0.1, -0.05) is 42.3 Å². The summed E-state index contributed by atoms with van der Waals surface area (Å²) in [5.74, 6) is -0.264. The van der Waals surface area contributed by atoms with Crippen LogP contribution in [-0.2, 0) is 6.54 Å². The van der Waals surface area contributed by atoms with Gasteiger partial charge in [-0.3, -0.25) is 0 Å². The summed E-state index contributed by atoms with van der Waals surface area (Å²) >= 11 is 6.23. The maximum absolute atomic E-state index is 13.6. The number of hydrogen-bond donors (Lipinski definition) is 1. The van der Waals surface area contributed by atoms with Crippen molar-refractivity contribution in [1.82, 2.24) is 5.32 Å². The van der Waals surface area contributed by atoms with Gasteiger partial charge in [-0.2, -0.15) is 0 Å². The van der Waals surface area contributed by atoms with Crippen molar-refractivity contribution in [3.8, 4) is 11.1 Å². The molecule has 1 N–H and O–H groups in total. The third-order valence-electron chi connectivity index (χ3n) is 3.37. The summed E-state index contributed by atoms with van der Waals surface area (Å²) < 4.78 is 13.6. The molecule has 0 saturated carbocycles. The lowest BCUT2D eigenvalue weighted by molar-refractivity contribution is 0.619. The van der Waals surface area contributed by atoms with E-state index in [4.69, 9.17) is 11.6 Å². The van der Waals surface area contributed by atoms with E-state index >= 15 is 0 Å². The first kappa shape index (κ1) is 15.0. The van der Waals surface area contributed by atoms with Crippen LogP contribution in [0.1, 0.15) is 23.6 Å². The average molecular weight is 292 g/mol. The molecule has 0 unspecified atom stereocenters. The van der Waals surface area contributed by atoms with Crippen LogP contribution in [0.2, 0.25) is 5.02 Å². The first-order valence-electron chi connectivity index (χ1n) is 6.79. The van der Waals surface area contributed by atoms with Crippen LogP contribution < -0.4 is 5.32 Å². The fourth-order valence-corrected chi connectivity index (χ4v) is 2.47. The minimum Gasteiger partial charge on any atom is -0.313 e. The Morgan fingerprint density at radius 2 is 1.85 bits per heavy atom. The Kier molecular flexibility index (Phi) is 4.79. The van der Waals surface area contributed by atoms with Crippen LogP contribution in [0.5, 0.6) is 0 Å². The first-order chi connectivity index (χ1) is 9.52. The number of aryl methyl sites for hydroxylation is 2. The Morgan fingerprint density at radius 1 is 1.10 bits per heavy atom. The molecular formula is C17H19ClFN. The Morgan fingerprint density at radius 3 is 2.55 bits per heavy atom. The molecule has 3 heteroatoms. The molecule has 0 atom stereocenters. The number of nitrogens with one attached hydrogen (secondary N) is 1. The van der Waals surface area contributed by atoms with E-state index in [1.165, 1.54) is 17.2 Å². The Balaban J connectivity index is 2.55. The Hall–Kier alpha value is -1.38. The minimum absolute atomic E-state index is 0.264. The lowest BCUT2D eigenvalue weighted by Gasteiger charge is -2.14. The molecule has 0 heterocycles. The molecule has 0 aliphatic rings. The maximum atomic E-state index is 13.6. The number of benzene rings is 2. The predicted octanol–water partition coefficient (Wildman–Crippen LogP) is 4.87. The number of halogens is 2. The van der Waals surface area contributed by atoms with E-state index in [1.54, 1.807) is 6.92 Å². The molecule has 1 nitrogen and oxygen atoms in total. The monoisotopic (exact) mass is 291 g/mol. The second-order valence-corrected chi connectivity index (χ2v) is 5.43. The number of rotatable bonds is 4. The summed E-state index contributed by atoms with van der Waals surface area (Å²) in [5.41, 5.74) is 4.91. The van der Waals surface area contributed by atoms with Gasteiger partial charge < -0.3 is 5.32 Å². The van der Waals surface area contributed by atoms with E-state index < -0.39 is 0 Å². The summed E-state index contributed by atoms with van der Waals surface area (Å²) in [5, 5.41) is 3.78. The molecule has 2 aromatic rings. The highest BCUT2D eigenvalue weighted by atomic mass is 35.5. The van der Waals surface area contributed by atoms with Gasteiger partial charge in [0.25, 0.3) is 0 Å². The van der Waals surface area contributed by atoms with Crippen molar-refractivity contribution in [3.05, 3.63) is 57.9 Å². The van der Waals surface area contributed by atoms with Gasteiger partial charge in [0.1, 0.15) is 5.82 Å². The van der Waals surface area contributed by atoms with Crippen LogP contribution >= 0.6 is 11.6 Å². The molecule has 2 aromatic carbocycles. The van der Waals surface area contributed by atoms with Crippen molar-refractivity contribution >= 4 is 11.6 Å². The Bertz CT molecular complexity index is 623. The summed E-state index contributed by atoms with van der Waals surface area (Å²) in [6, 6.07) is 9.50. The average Bonchev–Trinajstić information content (AvgIpc) is 2.41. The smallest absolute Gasteiger partial charge is 0.127 e. The van der Waals surface area contributed by atoms with Gasteiger partial charge in [0.15, 0.2) is 0 Å². The van der Waals surface area contributed by atoms with E-state index in [0.717, 1.165) is 24.2 Å². The Labute approximate surface area is 124 Å². The molecule has 0 saturated heterocycles. The van der Waals surface area contributed by atoms with Gasteiger partial charge in [-0.15, -0.1) is 0 Å². The molecule has 0 fully saturated rings. The van der Waals surface area contributed by atoms with Gasteiger partial charge in [0.2, 0.25) is 0 Å². The van der Waals surface area contributed by atoms with Crippen LogP contribution in [0.25, 0.3) is 11.1 Å². The molecule has 0 aromatic heterocycles. The van der Waals surface area contributed by atoms with Crippen LogP contribution in [0.3, 0.4) is 0 Å². The zero-order valence-electron chi connectivity index (χ0n) is 12.1. The fraction of sp³-hybridized carbons (Fsp3) is 0.294. The van der Waals surface area contributed by atoms with Crippen LogP contribution in [0.4, 0.5) is 4.39 Å². The topological polar surface area (TPSA) is 12.0 Å². The van der Waals surface area contributed by atoms with Crippen molar-refractivity contribution in [3.63, 3.8) is 0 Å². The SMILES string of the molecule is CCNCc1ccc(C)cc1-c1cc(C)c(F)cc1Cl. The van der Waals surface area contributed by atoms with Crippen molar-refractivity contribution in [2.24, 2.45) is 0 Å². The van der Waals surface area contributed by atoms with Crippen molar-refractivity contribution in [1.29, 1.82) is 0 Å². The molecular weight excluding hydrogens is 273 g/mol. The van der Waals surface area contributed by atoms with Gasteiger partial charge in [0, 0.05) is 12.1 Å². The van der Waals surface area contributed by atoms with Gasteiger partial charge in [0.05, 0.1) is 5.02 Å². The summed E-state index contributed by atoms with van der Waals surface area (Å²) in [6.07, 6.45) is 0. The third-order valence-corrected chi connectivity index (χ3v) is 3.68. The van der Waals surface area contributed by atoms with E-state index in [1.807, 2.05) is 13.0 Å². The molecule has 0 radical (unpaired) electrons. The molecule has 0 aliphatic heterocycles. The molecule has 0 spiro atoms. The lowest BCUT2D eigenvalue weighted by atomic mass is 9.96. The highest BCUT2D eigenvalue weighted by Crippen LogP contribution is 2.33. The van der Waals surface area contributed by atoms with Gasteiger partial charge >= 0.3 is 0 Å². The predicted molar refractivity (Wildman–Crippen MR) is 83.7 cm³/mol. The highest BCUT2D eigenvalue weighted by molar-refractivity contribution is 6.33. The molecule has 0 aliphatic carbocycles. The van der Waals surface area contributed by atoms with Crippen LogP contribution in [0, 0.1) is 19.7 Å². The summed E-state index contributed by atoms with van der Waals surface area (Å²) in [4.78, 5) is 0. The van der Waals surface area contributed by atoms with Crippen molar-refractivity contribution < 1.29 is 4.39 Å². The highest BCUT2D eigenvalue weighted by Gasteiger charge is 2.11. The third kappa shape index (κ3) is 3.20. The zero-order chi connectivity index (χ0) is 14.7. The second kappa shape index (κ2) is 6.38. The van der Waals surface area contributed by atoms with Crippen molar-refractivity contribution in [2.45, 2.75) is 27.3 Å². The molecule has 106 valence electrons. The standard InChI is InChI=1S/C17H19ClFN/c1-4-20-10-13-6-5-11(2)7-14(13)15-8-12(3)17(19)9-16(15)18/h5-9,20H,4,10H2,1-3H3. The quantitative estimate of drug-likeness (QED) is 0.847. The lowest BCUT2D eigenvalue weighted by Crippen LogP contribution is -2.12. The van der Waals surface area contributed by atoms with Gasteiger partial charge in [-0.05, 0) is 49.2 Å². The van der Waals surface area contributed by atoms with Gasteiger partial charge in [-0.25, -0.2) is 4.39 Å². The summed E-state index contributed by atoms with van der Waals surface area (Å²) in [6.45, 7) is 7.56. The molecule has 2 rings (SSSR count). The van der Waals surface area contributed by atoms with E-state index in [2.05, 4.69) is 30.4 Å². The molecule has 0 bridgehead atoms. The first-order valence-corrected chi connectivity index (χ1v) is 7.17. The zero-order valence-corrected chi connectivity index (χ0v) is 12.8. The second-order valence-electron chi connectivity index (χ2n) is 5.02. The fourth-order valence-electron chi connectivity index (χ4n) is 2.22. The van der Waals surface area contributed by atoms with E-state index in [9.17, 15) is 4.39 Å². The largest absolute Gasteiger partial charge is 0.313 e. The van der Waals surface area contributed by atoms with E-state index in [0.29, 0.717) is 10.6 Å². The molecule has 0 amide bonds. The summed E-state index contributed by atoms with van der Waals surface area (Å²) in [7, 11) is 0. The number of hydrogen-bond acceptors (Lipinski definition) is 1. The molecule has 20 heavy (non-hydrogen) atoms. The minimum atomic E-state index is -0.264. The van der Waals surface area contributed by atoms with Crippen LogP contribution in [0.15, 0.2) is 30.3 Å².